The van der Waals surface area contributed by atoms with Gasteiger partial charge in [0.15, 0.2) is 0 Å². The second-order valence-corrected chi connectivity index (χ2v) is 7.55. The van der Waals surface area contributed by atoms with Crippen LogP contribution in [-0.2, 0) is 21.3 Å². The maximum absolute atomic E-state index is 12.7. The molecule has 2 atom stereocenters. The number of aromatic amines is 1. The van der Waals surface area contributed by atoms with E-state index in [1.807, 2.05) is 13.8 Å². The SMILES string of the molecule is CCCNCc1cc(S(=O)(=O)N2CC(C)OC(C)C2)c[nH]1. The molecule has 0 saturated carbocycles. The summed E-state index contributed by atoms with van der Waals surface area (Å²) >= 11 is 0. The van der Waals surface area contributed by atoms with Gasteiger partial charge in [-0.05, 0) is 32.9 Å². The van der Waals surface area contributed by atoms with Crippen LogP contribution in [0.25, 0.3) is 0 Å². The molecular formula is C14H25N3O3S. The number of ether oxygens (including phenoxy) is 1. The van der Waals surface area contributed by atoms with Crippen molar-refractivity contribution in [2.45, 2.75) is 50.8 Å². The smallest absolute Gasteiger partial charge is 0.244 e. The van der Waals surface area contributed by atoms with Crippen LogP contribution in [0.5, 0.6) is 0 Å². The second kappa shape index (κ2) is 6.91. The molecule has 7 heteroatoms. The van der Waals surface area contributed by atoms with E-state index in [9.17, 15) is 8.42 Å². The van der Waals surface area contributed by atoms with Gasteiger partial charge in [0.2, 0.25) is 10.0 Å². The predicted molar refractivity (Wildman–Crippen MR) is 81.6 cm³/mol. The predicted octanol–water partition coefficient (Wildman–Crippen LogP) is 1.31. The molecule has 0 bridgehead atoms. The third-order valence-corrected chi connectivity index (χ3v) is 5.29. The van der Waals surface area contributed by atoms with Gasteiger partial charge in [-0.15, -0.1) is 0 Å². The third kappa shape index (κ3) is 4.06. The molecular weight excluding hydrogens is 290 g/mol. The number of hydrogen-bond acceptors (Lipinski definition) is 4. The van der Waals surface area contributed by atoms with Gasteiger partial charge in [0.05, 0.1) is 17.1 Å². The molecule has 0 aromatic carbocycles. The molecule has 2 N–H and O–H groups in total. The van der Waals surface area contributed by atoms with Crippen molar-refractivity contribution in [3.8, 4) is 0 Å². The third-order valence-electron chi connectivity index (χ3n) is 3.48. The first-order valence-corrected chi connectivity index (χ1v) is 8.91. The minimum Gasteiger partial charge on any atom is -0.373 e. The van der Waals surface area contributed by atoms with E-state index >= 15 is 0 Å². The zero-order chi connectivity index (χ0) is 15.5. The van der Waals surface area contributed by atoms with Gasteiger partial charge in [0.25, 0.3) is 0 Å². The van der Waals surface area contributed by atoms with Crippen molar-refractivity contribution in [1.82, 2.24) is 14.6 Å². The Kier molecular flexibility index (Phi) is 5.43. The molecule has 0 spiro atoms. The van der Waals surface area contributed by atoms with Gasteiger partial charge >= 0.3 is 0 Å². The quantitative estimate of drug-likeness (QED) is 0.776. The highest BCUT2D eigenvalue weighted by molar-refractivity contribution is 7.89. The Labute approximate surface area is 126 Å². The number of H-pyrrole nitrogens is 1. The van der Waals surface area contributed by atoms with Gasteiger partial charge in [0.1, 0.15) is 0 Å². The number of rotatable bonds is 6. The minimum atomic E-state index is -3.44. The highest BCUT2D eigenvalue weighted by Gasteiger charge is 2.32. The molecule has 120 valence electrons. The highest BCUT2D eigenvalue weighted by atomic mass is 32.2. The molecule has 21 heavy (non-hydrogen) atoms. The average Bonchev–Trinajstić information content (AvgIpc) is 2.87. The largest absolute Gasteiger partial charge is 0.373 e. The Balaban J connectivity index is 2.08. The lowest BCUT2D eigenvalue weighted by atomic mass is 10.3. The van der Waals surface area contributed by atoms with E-state index in [0.717, 1.165) is 18.7 Å². The van der Waals surface area contributed by atoms with Crippen molar-refractivity contribution in [3.05, 3.63) is 18.0 Å². The maximum atomic E-state index is 12.7. The first-order chi connectivity index (χ1) is 9.93. The maximum Gasteiger partial charge on any atom is 0.244 e. The lowest BCUT2D eigenvalue weighted by Gasteiger charge is -2.34. The topological polar surface area (TPSA) is 74.4 Å². The number of aromatic nitrogens is 1. The lowest BCUT2D eigenvalue weighted by molar-refractivity contribution is -0.0440. The van der Waals surface area contributed by atoms with Gasteiger partial charge in [-0.3, -0.25) is 0 Å². The van der Waals surface area contributed by atoms with Crippen molar-refractivity contribution in [1.29, 1.82) is 0 Å². The Morgan fingerprint density at radius 2 is 2.05 bits per heavy atom. The van der Waals surface area contributed by atoms with Gasteiger partial charge in [-0.25, -0.2) is 8.42 Å². The van der Waals surface area contributed by atoms with E-state index in [0.29, 0.717) is 24.5 Å². The zero-order valence-electron chi connectivity index (χ0n) is 12.9. The summed E-state index contributed by atoms with van der Waals surface area (Å²) in [7, 11) is -3.44. The van der Waals surface area contributed by atoms with Crippen LogP contribution < -0.4 is 5.32 Å². The summed E-state index contributed by atoms with van der Waals surface area (Å²) in [5.74, 6) is 0. The Morgan fingerprint density at radius 1 is 1.38 bits per heavy atom. The molecule has 1 aromatic heterocycles. The second-order valence-electron chi connectivity index (χ2n) is 5.62. The Hall–Kier alpha value is -0.890. The van der Waals surface area contributed by atoms with E-state index in [1.165, 1.54) is 4.31 Å². The number of nitrogens with one attached hydrogen (secondary N) is 2. The molecule has 1 aromatic rings. The standard InChI is InChI=1S/C14H25N3O3S/c1-4-5-15-7-13-6-14(8-16-13)21(18,19)17-9-11(2)20-12(3)10-17/h6,8,11-12,15-16H,4-5,7,9-10H2,1-3H3. The van der Waals surface area contributed by atoms with E-state index in [4.69, 9.17) is 4.74 Å². The van der Waals surface area contributed by atoms with Crippen LogP contribution in [-0.4, -0.2) is 49.5 Å². The molecule has 2 heterocycles. The molecule has 6 nitrogen and oxygen atoms in total. The summed E-state index contributed by atoms with van der Waals surface area (Å²) in [5.41, 5.74) is 0.886. The van der Waals surface area contributed by atoms with Crippen molar-refractivity contribution >= 4 is 10.0 Å². The van der Waals surface area contributed by atoms with E-state index < -0.39 is 10.0 Å². The normalized spacial score (nSPS) is 24.3. The molecule has 1 fully saturated rings. The number of hydrogen-bond donors (Lipinski definition) is 2. The zero-order valence-corrected chi connectivity index (χ0v) is 13.7. The minimum absolute atomic E-state index is 0.0758. The summed E-state index contributed by atoms with van der Waals surface area (Å²) < 4.78 is 32.4. The van der Waals surface area contributed by atoms with Crippen LogP contribution in [0.3, 0.4) is 0 Å². The number of sulfonamides is 1. The molecule has 2 rings (SSSR count). The Bertz CT molecular complexity index is 546. The monoisotopic (exact) mass is 315 g/mol. The molecule has 0 amide bonds. The van der Waals surface area contributed by atoms with E-state index in [2.05, 4.69) is 17.2 Å². The summed E-state index contributed by atoms with van der Waals surface area (Å²) in [5, 5.41) is 3.25. The first-order valence-electron chi connectivity index (χ1n) is 7.47. The molecule has 2 unspecified atom stereocenters. The van der Waals surface area contributed by atoms with E-state index in [-0.39, 0.29) is 12.2 Å². The van der Waals surface area contributed by atoms with Crippen molar-refractivity contribution in [3.63, 3.8) is 0 Å². The van der Waals surface area contributed by atoms with Crippen molar-refractivity contribution < 1.29 is 13.2 Å². The van der Waals surface area contributed by atoms with Gasteiger partial charge < -0.3 is 15.0 Å². The summed E-state index contributed by atoms with van der Waals surface area (Å²) in [6, 6.07) is 1.71. The summed E-state index contributed by atoms with van der Waals surface area (Å²) in [6.45, 7) is 8.27. The summed E-state index contributed by atoms with van der Waals surface area (Å²) in [4.78, 5) is 3.36. The van der Waals surface area contributed by atoms with Crippen LogP contribution in [0, 0.1) is 0 Å². The van der Waals surface area contributed by atoms with Gasteiger partial charge in [0, 0.05) is 31.5 Å². The van der Waals surface area contributed by atoms with Crippen LogP contribution in [0.1, 0.15) is 32.9 Å². The van der Waals surface area contributed by atoms with E-state index in [1.54, 1.807) is 12.3 Å². The molecule has 1 aliphatic rings. The fourth-order valence-electron chi connectivity index (χ4n) is 2.55. The van der Waals surface area contributed by atoms with Crippen LogP contribution in [0.4, 0.5) is 0 Å². The van der Waals surface area contributed by atoms with Crippen LogP contribution in [0.15, 0.2) is 17.2 Å². The Morgan fingerprint density at radius 3 is 2.67 bits per heavy atom. The molecule has 0 radical (unpaired) electrons. The van der Waals surface area contributed by atoms with Crippen LogP contribution >= 0.6 is 0 Å². The van der Waals surface area contributed by atoms with Crippen molar-refractivity contribution in [2.75, 3.05) is 19.6 Å². The average molecular weight is 315 g/mol. The summed E-state index contributed by atoms with van der Waals surface area (Å²) in [6.07, 6.45) is 2.47. The lowest BCUT2D eigenvalue weighted by Crippen LogP contribution is -2.47. The fraction of sp³-hybridized carbons (Fsp3) is 0.714. The molecule has 0 aliphatic carbocycles. The highest BCUT2D eigenvalue weighted by Crippen LogP contribution is 2.21. The molecule has 1 saturated heterocycles. The fourth-order valence-corrected chi connectivity index (χ4v) is 4.16. The molecule has 1 aliphatic heterocycles. The number of morpholine rings is 1. The van der Waals surface area contributed by atoms with Gasteiger partial charge in [-0.1, -0.05) is 6.92 Å². The number of nitrogens with zero attached hydrogens (tertiary/aromatic N) is 1. The first kappa shape index (κ1) is 16.5. The van der Waals surface area contributed by atoms with Crippen molar-refractivity contribution in [2.24, 2.45) is 0 Å². The van der Waals surface area contributed by atoms with Crippen LogP contribution in [0.2, 0.25) is 0 Å². The van der Waals surface area contributed by atoms with Gasteiger partial charge in [-0.2, -0.15) is 4.31 Å².